The van der Waals surface area contributed by atoms with Gasteiger partial charge in [0.1, 0.15) is 0 Å². The topological polar surface area (TPSA) is 60.4 Å². The molecule has 0 saturated heterocycles. The average molecular weight is 217 g/mol. The quantitative estimate of drug-likeness (QED) is 0.386. The van der Waals surface area contributed by atoms with Crippen LogP contribution in [0.5, 0.6) is 0 Å². The normalized spacial score (nSPS) is 7.60. The number of amides is 1. The molecule has 0 saturated carbocycles. The maximum atomic E-state index is 10.1. The van der Waals surface area contributed by atoms with Gasteiger partial charge in [-0.3, -0.25) is 4.79 Å². The van der Waals surface area contributed by atoms with Gasteiger partial charge in [0, 0.05) is 14.1 Å². The van der Waals surface area contributed by atoms with Gasteiger partial charge in [0.25, 0.3) is 0 Å². The van der Waals surface area contributed by atoms with Gasteiger partial charge in [0.15, 0.2) is 0 Å². The third kappa shape index (κ3) is 9.46. The molecule has 0 spiro atoms. The van der Waals surface area contributed by atoms with Crippen molar-refractivity contribution in [2.75, 3.05) is 14.1 Å². The van der Waals surface area contributed by atoms with Crippen molar-refractivity contribution in [3.05, 3.63) is 35.9 Å². The number of carboxylic acid groups (broad SMARTS) is 1. The molecular weight excluding hydrogens is 205 g/mol. The van der Waals surface area contributed by atoms with Gasteiger partial charge in [0.2, 0.25) is 6.41 Å². The number of aromatic carboxylic acids is 1. The molecule has 1 aromatic carbocycles. The molecule has 5 heteroatoms. The third-order valence-corrected chi connectivity index (χ3v) is 1.22. The van der Waals surface area contributed by atoms with E-state index in [1.807, 2.05) is 0 Å². The van der Waals surface area contributed by atoms with Crippen LogP contribution in [-0.4, -0.2) is 31.4 Å². The van der Waals surface area contributed by atoms with Crippen molar-refractivity contribution in [3.63, 3.8) is 0 Å². The summed E-state index contributed by atoms with van der Waals surface area (Å²) in [6.07, 6.45) is 0.750. The first-order chi connectivity index (χ1) is 6.57. The average Bonchev–Trinajstić information content (AvgIpc) is 2.20. The molecule has 1 amide bonds. The van der Waals surface area contributed by atoms with E-state index in [9.17, 15) is 14.7 Å². The van der Waals surface area contributed by atoms with Crippen LogP contribution in [0.25, 0.3) is 0 Å². The fourth-order valence-corrected chi connectivity index (χ4v) is 0.574. The number of hydrogen-bond donors (Lipinski definition) is 0. The minimum absolute atomic E-state index is 0. The molecular formula is C10H12NNaO3. The number of rotatable bonds is 2. The van der Waals surface area contributed by atoms with Crippen LogP contribution in [0.15, 0.2) is 30.3 Å². The van der Waals surface area contributed by atoms with Crippen LogP contribution < -0.4 is 34.7 Å². The molecule has 0 aliphatic rings. The summed E-state index contributed by atoms with van der Waals surface area (Å²) >= 11 is 0. The largest absolute Gasteiger partial charge is 1.00 e. The Labute approximate surface area is 111 Å². The Morgan fingerprint density at radius 3 is 1.87 bits per heavy atom. The molecule has 15 heavy (non-hydrogen) atoms. The summed E-state index contributed by atoms with van der Waals surface area (Å²) < 4.78 is 0. The van der Waals surface area contributed by atoms with Crippen molar-refractivity contribution < 1.29 is 44.3 Å². The number of carboxylic acids is 1. The standard InChI is InChI=1S/C7H6O2.C3H7NO.Na/c8-7(9)6-4-2-1-3-5-6;1-4(2)3-5;/h1-5H,(H,8,9);3H,1-2H3;/q;;+1/p-1. The molecule has 76 valence electrons. The van der Waals surface area contributed by atoms with E-state index in [4.69, 9.17) is 0 Å². The number of benzene rings is 1. The molecule has 1 aromatic rings. The van der Waals surface area contributed by atoms with Gasteiger partial charge >= 0.3 is 29.6 Å². The Morgan fingerprint density at radius 2 is 1.67 bits per heavy atom. The predicted octanol–water partition coefficient (Wildman–Crippen LogP) is -3.24. The van der Waals surface area contributed by atoms with Gasteiger partial charge in [-0.25, -0.2) is 0 Å². The summed E-state index contributed by atoms with van der Waals surface area (Å²) in [4.78, 5) is 21.0. The second kappa shape index (κ2) is 9.71. The van der Waals surface area contributed by atoms with E-state index >= 15 is 0 Å². The zero-order valence-corrected chi connectivity index (χ0v) is 11.1. The Kier molecular flexibility index (Phi) is 10.7. The van der Waals surface area contributed by atoms with Crippen LogP contribution in [-0.2, 0) is 4.79 Å². The maximum absolute atomic E-state index is 10.1. The second-order valence-corrected chi connectivity index (χ2v) is 2.72. The second-order valence-electron chi connectivity index (χ2n) is 2.72. The summed E-state index contributed by atoms with van der Waals surface area (Å²) in [7, 11) is 3.38. The molecule has 0 N–H and O–H groups in total. The maximum Gasteiger partial charge on any atom is 1.00 e. The molecule has 0 aliphatic heterocycles. The number of carbonyl (C=O) groups is 2. The Morgan fingerprint density at radius 1 is 1.27 bits per heavy atom. The van der Waals surface area contributed by atoms with Gasteiger partial charge in [0.05, 0.1) is 5.97 Å². The summed E-state index contributed by atoms with van der Waals surface area (Å²) in [5, 5.41) is 10.1. The van der Waals surface area contributed by atoms with Crippen molar-refractivity contribution in [2.24, 2.45) is 0 Å². The van der Waals surface area contributed by atoms with E-state index < -0.39 is 5.97 Å². The summed E-state index contributed by atoms with van der Waals surface area (Å²) in [6.45, 7) is 0. The molecule has 4 nitrogen and oxygen atoms in total. The molecule has 0 radical (unpaired) electrons. The molecule has 0 heterocycles. The van der Waals surface area contributed by atoms with E-state index in [0.717, 1.165) is 6.41 Å². The molecule has 1 rings (SSSR count). The first-order valence-corrected chi connectivity index (χ1v) is 3.96. The van der Waals surface area contributed by atoms with Crippen LogP contribution in [0.4, 0.5) is 0 Å². The van der Waals surface area contributed by atoms with Crippen LogP contribution in [0, 0.1) is 0 Å². The summed E-state index contributed by atoms with van der Waals surface area (Å²) in [5.41, 5.74) is 0.220. The molecule has 0 aromatic heterocycles. The van der Waals surface area contributed by atoms with Crippen molar-refractivity contribution >= 4 is 12.4 Å². The zero-order chi connectivity index (χ0) is 11.0. The molecule has 0 bridgehead atoms. The Hall–Kier alpha value is -0.840. The van der Waals surface area contributed by atoms with E-state index in [1.165, 1.54) is 17.0 Å². The fraction of sp³-hybridized carbons (Fsp3) is 0.200. The minimum atomic E-state index is -1.13. The number of hydrogen-bond acceptors (Lipinski definition) is 3. The van der Waals surface area contributed by atoms with Crippen molar-refractivity contribution in [1.29, 1.82) is 0 Å². The monoisotopic (exact) mass is 217 g/mol. The van der Waals surface area contributed by atoms with Crippen LogP contribution in [0.3, 0.4) is 0 Å². The number of nitrogens with zero attached hydrogens (tertiary/aromatic N) is 1. The van der Waals surface area contributed by atoms with E-state index in [2.05, 4.69) is 0 Å². The van der Waals surface area contributed by atoms with E-state index in [1.54, 1.807) is 32.3 Å². The van der Waals surface area contributed by atoms with Crippen molar-refractivity contribution in [1.82, 2.24) is 4.90 Å². The van der Waals surface area contributed by atoms with Crippen LogP contribution in [0.1, 0.15) is 10.4 Å². The molecule has 0 aliphatic carbocycles. The summed E-state index contributed by atoms with van der Waals surface area (Å²) in [5.74, 6) is -1.13. The third-order valence-electron chi connectivity index (χ3n) is 1.22. The number of carbonyl (C=O) groups excluding carboxylic acids is 2. The first kappa shape index (κ1) is 16.6. The predicted molar refractivity (Wildman–Crippen MR) is 50.5 cm³/mol. The van der Waals surface area contributed by atoms with E-state index in [-0.39, 0.29) is 35.1 Å². The first-order valence-electron chi connectivity index (χ1n) is 3.96. The van der Waals surface area contributed by atoms with Crippen molar-refractivity contribution in [3.8, 4) is 0 Å². The zero-order valence-electron chi connectivity index (χ0n) is 9.14. The minimum Gasteiger partial charge on any atom is -0.545 e. The smallest absolute Gasteiger partial charge is 0.545 e. The van der Waals surface area contributed by atoms with Crippen molar-refractivity contribution in [2.45, 2.75) is 0 Å². The van der Waals surface area contributed by atoms with Gasteiger partial charge < -0.3 is 14.8 Å². The van der Waals surface area contributed by atoms with Gasteiger partial charge in [-0.2, -0.15) is 0 Å². The molecule has 0 unspecified atom stereocenters. The SMILES string of the molecule is CN(C)C=O.O=C([O-])c1ccccc1.[Na+]. The Bertz CT molecular complexity index is 288. The van der Waals surface area contributed by atoms with Crippen LogP contribution in [0.2, 0.25) is 0 Å². The van der Waals surface area contributed by atoms with E-state index in [0.29, 0.717) is 0 Å². The molecule has 0 fully saturated rings. The van der Waals surface area contributed by atoms with Crippen LogP contribution >= 0.6 is 0 Å². The van der Waals surface area contributed by atoms with Gasteiger partial charge in [-0.15, -0.1) is 0 Å². The van der Waals surface area contributed by atoms with Gasteiger partial charge in [-0.1, -0.05) is 30.3 Å². The Balaban J connectivity index is 0. The summed E-state index contributed by atoms with van der Waals surface area (Å²) in [6, 6.07) is 8.06. The molecule has 0 atom stereocenters. The van der Waals surface area contributed by atoms with Gasteiger partial charge in [-0.05, 0) is 5.56 Å². The fourth-order valence-electron chi connectivity index (χ4n) is 0.574.